The van der Waals surface area contributed by atoms with E-state index in [1.165, 1.54) is 12.8 Å². The van der Waals surface area contributed by atoms with Gasteiger partial charge in [0.25, 0.3) is 0 Å². The monoisotopic (exact) mass is 348 g/mol. The number of nitrogens with two attached hydrogens (primary N) is 1. The third kappa shape index (κ3) is 3.28. The molecule has 2 aliphatic rings. The van der Waals surface area contributed by atoms with Gasteiger partial charge in [-0.15, -0.1) is 0 Å². The van der Waals surface area contributed by atoms with Crippen molar-refractivity contribution in [2.24, 2.45) is 10.7 Å². The summed E-state index contributed by atoms with van der Waals surface area (Å²) >= 11 is 0. The molecule has 0 saturated carbocycles. The van der Waals surface area contributed by atoms with Crippen LogP contribution in [0.15, 0.2) is 53.9 Å². The number of urea groups is 1. The Morgan fingerprint density at radius 1 is 1.15 bits per heavy atom. The van der Waals surface area contributed by atoms with Crippen LogP contribution in [0.25, 0.3) is 5.70 Å². The zero-order chi connectivity index (χ0) is 17.9. The number of rotatable bonds is 4. The Morgan fingerprint density at radius 3 is 2.69 bits per heavy atom. The Labute approximate surface area is 151 Å². The van der Waals surface area contributed by atoms with E-state index in [1.54, 1.807) is 35.6 Å². The molecule has 0 spiro atoms. The second-order valence-electron chi connectivity index (χ2n) is 6.38. The van der Waals surface area contributed by atoms with Crippen molar-refractivity contribution < 1.29 is 4.79 Å². The number of hydrogen-bond donors (Lipinski definition) is 1. The molecule has 1 saturated heterocycles. The van der Waals surface area contributed by atoms with Crippen molar-refractivity contribution in [3.63, 3.8) is 0 Å². The van der Waals surface area contributed by atoms with Crippen molar-refractivity contribution in [2.75, 3.05) is 29.4 Å². The molecule has 7 nitrogen and oxygen atoms in total. The highest BCUT2D eigenvalue weighted by Gasteiger charge is 2.24. The molecule has 0 radical (unpaired) electrons. The third-order valence-corrected chi connectivity index (χ3v) is 4.58. The number of aromatic nitrogens is 2. The molecule has 2 aliphatic heterocycles. The second-order valence-corrected chi connectivity index (χ2v) is 6.38. The lowest BCUT2D eigenvalue weighted by Gasteiger charge is -2.16. The molecule has 0 atom stereocenters. The standard InChI is InChI=1S/C19H20N6O/c20-17(14-5-6-18(22-11-14)24-8-1-2-9-24)10-15-13-25(19(26)23-15)16-4-3-7-21-12-16/h3-7,10-12H,1-2,8-9,13,20H2. The quantitative estimate of drug-likeness (QED) is 0.917. The highest BCUT2D eigenvalue weighted by atomic mass is 16.2. The predicted octanol–water partition coefficient (Wildman–Crippen LogP) is 2.46. The fourth-order valence-electron chi connectivity index (χ4n) is 3.19. The Balaban J connectivity index is 1.48. The van der Waals surface area contributed by atoms with Gasteiger partial charge in [-0.1, -0.05) is 0 Å². The second kappa shape index (κ2) is 6.95. The Morgan fingerprint density at radius 2 is 2.00 bits per heavy atom. The minimum Gasteiger partial charge on any atom is -0.398 e. The van der Waals surface area contributed by atoms with E-state index >= 15 is 0 Å². The van der Waals surface area contributed by atoms with Crippen LogP contribution in [0.5, 0.6) is 0 Å². The lowest BCUT2D eigenvalue weighted by atomic mass is 10.1. The minimum absolute atomic E-state index is 0.306. The van der Waals surface area contributed by atoms with Gasteiger partial charge in [0, 0.05) is 36.7 Å². The lowest BCUT2D eigenvalue weighted by Crippen LogP contribution is -2.25. The van der Waals surface area contributed by atoms with Gasteiger partial charge >= 0.3 is 6.03 Å². The van der Waals surface area contributed by atoms with Gasteiger partial charge in [-0.3, -0.25) is 9.88 Å². The van der Waals surface area contributed by atoms with E-state index < -0.39 is 0 Å². The number of aliphatic imine (C=N–C) groups is 1. The predicted molar refractivity (Wildman–Crippen MR) is 102 cm³/mol. The minimum atomic E-state index is -0.306. The van der Waals surface area contributed by atoms with Crippen LogP contribution in [0.2, 0.25) is 0 Å². The summed E-state index contributed by atoms with van der Waals surface area (Å²) in [5.74, 6) is 0.982. The topological polar surface area (TPSA) is 87.7 Å². The van der Waals surface area contributed by atoms with Crippen molar-refractivity contribution >= 4 is 28.9 Å². The zero-order valence-electron chi connectivity index (χ0n) is 14.4. The number of amides is 2. The van der Waals surface area contributed by atoms with Crippen LogP contribution in [0.4, 0.5) is 16.3 Å². The van der Waals surface area contributed by atoms with Gasteiger partial charge in [0.1, 0.15) is 5.82 Å². The summed E-state index contributed by atoms with van der Waals surface area (Å²) in [4.78, 5) is 28.6. The number of carbonyl (C=O) groups excluding carboxylic acids is 1. The first-order chi connectivity index (χ1) is 12.7. The van der Waals surface area contributed by atoms with Crippen LogP contribution >= 0.6 is 0 Å². The summed E-state index contributed by atoms with van der Waals surface area (Å²) in [7, 11) is 0. The molecule has 4 heterocycles. The molecule has 0 aromatic carbocycles. The molecule has 26 heavy (non-hydrogen) atoms. The van der Waals surface area contributed by atoms with Gasteiger partial charge in [0.05, 0.1) is 24.1 Å². The van der Waals surface area contributed by atoms with Crippen molar-refractivity contribution in [2.45, 2.75) is 12.8 Å². The number of pyridine rings is 2. The first-order valence-corrected chi connectivity index (χ1v) is 8.68. The molecule has 0 unspecified atom stereocenters. The van der Waals surface area contributed by atoms with E-state index in [4.69, 9.17) is 5.73 Å². The summed E-state index contributed by atoms with van der Waals surface area (Å²) in [6.07, 6.45) is 9.25. The zero-order valence-corrected chi connectivity index (χ0v) is 14.4. The van der Waals surface area contributed by atoms with Crippen LogP contribution in [0, 0.1) is 0 Å². The molecule has 0 aliphatic carbocycles. The molecule has 4 rings (SSSR count). The van der Waals surface area contributed by atoms with Crippen LogP contribution in [-0.2, 0) is 0 Å². The average Bonchev–Trinajstić information content (AvgIpc) is 3.32. The highest BCUT2D eigenvalue weighted by Crippen LogP contribution is 2.21. The van der Waals surface area contributed by atoms with Gasteiger partial charge in [0.2, 0.25) is 0 Å². The fraction of sp³-hybridized carbons (Fsp3) is 0.263. The maximum Gasteiger partial charge on any atom is 0.348 e. The van der Waals surface area contributed by atoms with Crippen molar-refractivity contribution in [3.05, 3.63) is 54.5 Å². The van der Waals surface area contributed by atoms with E-state index in [0.29, 0.717) is 18.0 Å². The van der Waals surface area contributed by atoms with Gasteiger partial charge in [-0.2, -0.15) is 4.99 Å². The summed E-state index contributed by atoms with van der Waals surface area (Å²) in [6.45, 7) is 2.49. The molecule has 1 fully saturated rings. The van der Waals surface area contributed by atoms with E-state index in [-0.39, 0.29) is 6.03 Å². The van der Waals surface area contributed by atoms with Gasteiger partial charge in [-0.05, 0) is 43.2 Å². The van der Waals surface area contributed by atoms with Crippen molar-refractivity contribution in [3.8, 4) is 0 Å². The van der Waals surface area contributed by atoms with E-state index in [0.717, 1.165) is 30.2 Å². The van der Waals surface area contributed by atoms with Crippen molar-refractivity contribution in [1.29, 1.82) is 0 Å². The molecule has 7 heteroatoms. The SMILES string of the molecule is NC(=CC1=NC(=O)N(c2cccnc2)C1)c1ccc(N2CCCC2)nc1. The Bertz CT molecular complexity index is 853. The first kappa shape index (κ1) is 16.3. The molecule has 2 aromatic rings. The third-order valence-electron chi connectivity index (χ3n) is 4.58. The molecular formula is C19H20N6O. The molecular weight excluding hydrogens is 328 g/mol. The van der Waals surface area contributed by atoms with Crippen LogP contribution in [-0.4, -0.2) is 41.3 Å². The van der Waals surface area contributed by atoms with Gasteiger partial charge in [-0.25, -0.2) is 9.78 Å². The number of anilines is 2. The maximum absolute atomic E-state index is 12.1. The molecule has 2 N–H and O–H groups in total. The average molecular weight is 348 g/mol. The van der Waals surface area contributed by atoms with Gasteiger partial charge < -0.3 is 10.6 Å². The van der Waals surface area contributed by atoms with E-state index in [2.05, 4.69) is 19.9 Å². The van der Waals surface area contributed by atoms with Gasteiger partial charge in [0.15, 0.2) is 0 Å². The molecule has 2 amide bonds. The smallest absolute Gasteiger partial charge is 0.348 e. The summed E-state index contributed by atoms with van der Waals surface area (Å²) in [5, 5.41) is 0. The number of nitrogens with zero attached hydrogens (tertiary/aromatic N) is 5. The highest BCUT2D eigenvalue weighted by molar-refractivity contribution is 6.17. The summed E-state index contributed by atoms with van der Waals surface area (Å²) in [6, 6.07) is 7.27. The van der Waals surface area contributed by atoms with Crippen LogP contribution in [0.1, 0.15) is 18.4 Å². The Kier molecular flexibility index (Phi) is 4.35. The molecule has 0 bridgehead atoms. The van der Waals surface area contributed by atoms with E-state index in [1.807, 2.05) is 18.2 Å². The maximum atomic E-state index is 12.1. The number of carbonyl (C=O) groups is 1. The van der Waals surface area contributed by atoms with Crippen LogP contribution in [0.3, 0.4) is 0 Å². The molecule has 132 valence electrons. The summed E-state index contributed by atoms with van der Waals surface area (Å²) < 4.78 is 0. The lowest BCUT2D eigenvalue weighted by molar-refractivity contribution is 0.256. The van der Waals surface area contributed by atoms with E-state index in [9.17, 15) is 4.79 Å². The first-order valence-electron chi connectivity index (χ1n) is 8.68. The fourth-order valence-corrected chi connectivity index (χ4v) is 3.19. The summed E-state index contributed by atoms with van der Waals surface area (Å²) in [5.41, 5.74) is 8.91. The van der Waals surface area contributed by atoms with Crippen molar-refractivity contribution in [1.82, 2.24) is 9.97 Å². The van der Waals surface area contributed by atoms with Crippen LogP contribution < -0.4 is 15.5 Å². The Hall–Kier alpha value is -3.22. The normalized spacial score (nSPS) is 17.8. The number of hydrogen-bond acceptors (Lipinski definition) is 5. The largest absolute Gasteiger partial charge is 0.398 e. The molecule has 2 aromatic heterocycles.